The topological polar surface area (TPSA) is 101 Å². The summed E-state index contributed by atoms with van der Waals surface area (Å²) in [5.41, 5.74) is 0. The number of hydrogen-bond acceptors (Lipinski definition) is 6. The highest BCUT2D eigenvalue weighted by atomic mass is 16.5. The van der Waals surface area contributed by atoms with Gasteiger partial charge in [0.1, 0.15) is 0 Å². The van der Waals surface area contributed by atoms with Crippen LogP contribution in [0.15, 0.2) is 0 Å². The minimum absolute atomic E-state index is 0.0531. The van der Waals surface area contributed by atoms with Gasteiger partial charge in [0.05, 0.1) is 50.8 Å². The highest BCUT2D eigenvalue weighted by Crippen LogP contribution is 2.31. The highest BCUT2D eigenvalue weighted by molar-refractivity contribution is 5.78. The molecule has 0 spiro atoms. The summed E-state index contributed by atoms with van der Waals surface area (Å²) in [6, 6.07) is 4.17. The van der Waals surface area contributed by atoms with Crippen LogP contribution in [0.1, 0.15) is 38.5 Å². The second-order valence-electron chi connectivity index (χ2n) is 6.83. The monoisotopic (exact) mass is 348 g/mol. The van der Waals surface area contributed by atoms with Gasteiger partial charge in [-0.05, 0) is 12.8 Å². The SMILES string of the molecule is N#CCCN(CCC#N)C(=O)CN1CCOCC1C1CCCCC1O. The Bertz CT molecular complexity index is 495. The number of rotatable bonds is 7. The van der Waals surface area contributed by atoms with E-state index in [0.717, 1.165) is 25.7 Å². The van der Waals surface area contributed by atoms with Crippen LogP contribution in [0.2, 0.25) is 0 Å². The smallest absolute Gasteiger partial charge is 0.236 e. The van der Waals surface area contributed by atoms with Gasteiger partial charge in [-0.25, -0.2) is 0 Å². The predicted molar refractivity (Wildman–Crippen MR) is 91.2 cm³/mol. The predicted octanol–water partition coefficient (Wildman–Crippen LogP) is 0.894. The molecule has 0 aromatic carbocycles. The van der Waals surface area contributed by atoms with Crippen molar-refractivity contribution in [2.24, 2.45) is 5.92 Å². The summed E-state index contributed by atoms with van der Waals surface area (Å²) in [7, 11) is 0. The number of nitriles is 2. The van der Waals surface area contributed by atoms with E-state index in [9.17, 15) is 9.90 Å². The fraction of sp³-hybridized carbons (Fsp3) is 0.833. The van der Waals surface area contributed by atoms with Crippen molar-refractivity contribution in [2.45, 2.75) is 50.7 Å². The molecule has 0 bridgehead atoms. The lowest BCUT2D eigenvalue weighted by Crippen LogP contribution is -2.55. The van der Waals surface area contributed by atoms with E-state index in [1.807, 2.05) is 0 Å². The van der Waals surface area contributed by atoms with Crippen molar-refractivity contribution in [3.05, 3.63) is 0 Å². The van der Waals surface area contributed by atoms with Gasteiger partial charge in [0.25, 0.3) is 0 Å². The van der Waals surface area contributed by atoms with E-state index in [4.69, 9.17) is 15.3 Å². The Labute approximate surface area is 149 Å². The normalized spacial score (nSPS) is 27.2. The molecule has 3 atom stereocenters. The third kappa shape index (κ3) is 5.67. The summed E-state index contributed by atoms with van der Waals surface area (Å²) in [4.78, 5) is 16.4. The van der Waals surface area contributed by atoms with E-state index in [-0.39, 0.29) is 43.4 Å². The summed E-state index contributed by atoms with van der Waals surface area (Å²) < 4.78 is 5.62. The molecular formula is C18H28N4O3. The minimum atomic E-state index is -0.327. The third-order valence-electron chi connectivity index (χ3n) is 5.23. The average molecular weight is 348 g/mol. The van der Waals surface area contributed by atoms with E-state index < -0.39 is 0 Å². The fourth-order valence-electron chi connectivity index (χ4n) is 3.84. The molecule has 2 aliphatic rings. The summed E-state index contributed by atoms with van der Waals surface area (Å²) >= 11 is 0. The molecule has 25 heavy (non-hydrogen) atoms. The summed E-state index contributed by atoms with van der Waals surface area (Å²) in [5.74, 6) is 0.0937. The first-order valence-corrected chi connectivity index (χ1v) is 9.19. The molecule has 1 aliphatic carbocycles. The Hall–Kier alpha value is -1.67. The Morgan fingerprint density at radius 3 is 2.52 bits per heavy atom. The quantitative estimate of drug-likeness (QED) is 0.733. The molecule has 1 N–H and O–H groups in total. The molecule has 1 aliphatic heterocycles. The maximum atomic E-state index is 12.7. The number of nitrogens with zero attached hydrogens (tertiary/aromatic N) is 4. The van der Waals surface area contributed by atoms with Gasteiger partial charge >= 0.3 is 0 Å². The molecule has 0 aromatic heterocycles. The minimum Gasteiger partial charge on any atom is -0.393 e. The number of morpholine rings is 1. The van der Waals surface area contributed by atoms with Gasteiger partial charge in [0.2, 0.25) is 5.91 Å². The molecule has 0 radical (unpaired) electrons. The van der Waals surface area contributed by atoms with Gasteiger partial charge in [0.15, 0.2) is 0 Å². The van der Waals surface area contributed by atoms with Crippen molar-refractivity contribution in [1.29, 1.82) is 10.5 Å². The van der Waals surface area contributed by atoms with Crippen molar-refractivity contribution in [2.75, 3.05) is 39.4 Å². The van der Waals surface area contributed by atoms with Gasteiger partial charge < -0.3 is 14.7 Å². The van der Waals surface area contributed by atoms with Crippen LogP contribution in [0.3, 0.4) is 0 Å². The molecule has 7 nitrogen and oxygen atoms in total. The van der Waals surface area contributed by atoms with Gasteiger partial charge in [-0.3, -0.25) is 9.69 Å². The lowest BCUT2D eigenvalue weighted by molar-refractivity contribution is -0.137. The summed E-state index contributed by atoms with van der Waals surface area (Å²) in [6.45, 7) is 2.78. The van der Waals surface area contributed by atoms with Crippen LogP contribution in [0, 0.1) is 28.6 Å². The van der Waals surface area contributed by atoms with Crippen LogP contribution in [-0.4, -0.2) is 72.4 Å². The number of aliphatic hydroxyl groups is 1. The zero-order chi connectivity index (χ0) is 18.1. The Kier molecular flexibility index (Phi) is 8.14. The Balaban J connectivity index is 1.99. The maximum absolute atomic E-state index is 12.7. The molecule has 138 valence electrons. The fourth-order valence-corrected chi connectivity index (χ4v) is 3.84. The zero-order valence-corrected chi connectivity index (χ0v) is 14.8. The van der Waals surface area contributed by atoms with Crippen LogP contribution in [0.25, 0.3) is 0 Å². The first-order chi connectivity index (χ1) is 12.2. The van der Waals surface area contributed by atoms with E-state index in [1.54, 1.807) is 4.90 Å². The number of carbonyl (C=O) groups excluding carboxylic acids is 1. The standard InChI is InChI=1S/C18H28N4O3/c19-7-3-9-21(10-4-8-20)18(24)13-22-11-12-25-14-16(22)15-5-1-2-6-17(15)23/h15-17,23H,1-6,9-14H2. The second kappa shape index (κ2) is 10.4. The van der Waals surface area contributed by atoms with Crippen molar-refractivity contribution < 1.29 is 14.6 Å². The summed E-state index contributed by atoms with van der Waals surface area (Å²) in [5, 5.41) is 27.9. The van der Waals surface area contributed by atoms with Crippen LogP contribution < -0.4 is 0 Å². The van der Waals surface area contributed by atoms with E-state index in [0.29, 0.717) is 32.8 Å². The Morgan fingerprint density at radius 1 is 1.20 bits per heavy atom. The molecule has 7 heteroatoms. The molecule has 2 rings (SSSR count). The number of amides is 1. The van der Waals surface area contributed by atoms with E-state index in [1.165, 1.54) is 0 Å². The van der Waals surface area contributed by atoms with E-state index in [2.05, 4.69) is 17.0 Å². The number of aliphatic hydroxyl groups excluding tert-OH is 1. The first kappa shape index (κ1) is 19.7. The molecule has 1 amide bonds. The molecule has 1 saturated carbocycles. The average Bonchev–Trinajstić information content (AvgIpc) is 2.63. The molecule has 0 aromatic rings. The van der Waals surface area contributed by atoms with Crippen LogP contribution in [0.5, 0.6) is 0 Å². The molecule has 1 saturated heterocycles. The lowest BCUT2D eigenvalue weighted by atomic mass is 9.80. The van der Waals surface area contributed by atoms with Crippen molar-refractivity contribution in [3.63, 3.8) is 0 Å². The first-order valence-electron chi connectivity index (χ1n) is 9.19. The number of carbonyl (C=O) groups is 1. The van der Waals surface area contributed by atoms with Gasteiger partial charge in [-0.2, -0.15) is 10.5 Å². The van der Waals surface area contributed by atoms with Gasteiger partial charge in [-0.1, -0.05) is 12.8 Å². The summed E-state index contributed by atoms with van der Waals surface area (Å²) in [6.07, 6.45) is 4.16. The van der Waals surface area contributed by atoms with Crippen molar-refractivity contribution >= 4 is 5.91 Å². The van der Waals surface area contributed by atoms with Crippen LogP contribution in [0.4, 0.5) is 0 Å². The number of hydrogen-bond donors (Lipinski definition) is 1. The van der Waals surface area contributed by atoms with Crippen LogP contribution in [-0.2, 0) is 9.53 Å². The molecule has 3 unspecified atom stereocenters. The zero-order valence-electron chi connectivity index (χ0n) is 14.8. The lowest BCUT2D eigenvalue weighted by Gasteiger charge is -2.43. The number of ether oxygens (including phenoxy) is 1. The van der Waals surface area contributed by atoms with E-state index >= 15 is 0 Å². The highest BCUT2D eigenvalue weighted by Gasteiger charge is 2.37. The second-order valence-corrected chi connectivity index (χ2v) is 6.83. The van der Waals surface area contributed by atoms with Crippen LogP contribution >= 0.6 is 0 Å². The van der Waals surface area contributed by atoms with Crippen molar-refractivity contribution in [3.8, 4) is 12.1 Å². The Morgan fingerprint density at radius 2 is 1.88 bits per heavy atom. The molecule has 1 heterocycles. The van der Waals surface area contributed by atoms with Crippen molar-refractivity contribution in [1.82, 2.24) is 9.80 Å². The molecule has 2 fully saturated rings. The maximum Gasteiger partial charge on any atom is 0.236 e. The van der Waals surface area contributed by atoms with Gasteiger partial charge in [0, 0.05) is 31.6 Å². The molecular weight excluding hydrogens is 320 g/mol. The largest absolute Gasteiger partial charge is 0.393 e. The van der Waals surface area contributed by atoms with Gasteiger partial charge in [-0.15, -0.1) is 0 Å². The third-order valence-corrected chi connectivity index (χ3v) is 5.23.